The molecule has 0 bridgehead atoms. The van der Waals surface area contributed by atoms with E-state index in [4.69, 9.17) is 23.2 Å². The summed E-state index contributed by atoms with van der Waals surface area (Å²) in [7, 11) is 0. The van der Waals surface area contributed by atoms with Gasteiger partial charge in [-0.05, 0) is 54.4 Å². The van der Waals surface area contributed by atoms with Gasteiger partial charge in [0.25, 0.3) is 0 Å². The molecule has 1 N–H and O–H groups in total. The number of aliphatic hydroxyl groups is 1. The SMILES string of the molecule is Cc1nc(-c2ccc(Cl)cc2Cl)n(-c2ccc(-c3cccnc3)cc2)c1CO. The number of halogens is 2. The lowest BCUT2D eigenvalue weighted by molar-refractivity contribution is 0.274. The van der Waals surface area contributed by atoms with Gasteiger partial charge in [0, 0.05) is 28.7 Å². The van der Waals surface area contributed by atoms with Crippen LogP contribution in [-0.2, 0) is 6.61 Å². The standard InChI is InChI=1S/C22H17Cl2N3O/c1-14-21(13-28)27(22(26-14)19-9-6-17(23)11-20(19)24)18-7-4-15(5-8-18)16-3-2-10-25-12-16/h2-12,28H,13H2,1H3. The van der Waals surface area contributed by atoms with Gasteiger partial charge in [0.1, 0.15) is 5.82 Å². The van der Waals surface area contributed by atoms with Crippen molar-refractivity contribution in [2.75, 3.05) is 0 Å². The smallest absolute Gasteiger partial charge is 0.146 e. The minimum absolute atomic E-state index is 0.131. The molecular weight excluding hydrogens is 393 g/mol. The molecular formula is C22H17Cl2N3O. The van der Waals surface area contributed by atoms with Gasteiger partial charge in [-0.1, -0.05) is 41.4 Å². The molecule has 4 aromatic rings. The van der Waals surface area contributed by atoms with E-state index in [9.17, 15) is 5.11 Å². The third kappa shape index (κ3) is 3.42. The van der Waals surface area contributed by atoms with Crippen molar-refractivity contribution in [2.24, 2.45) is 0 Å². The number of imidazole rings is 1. The summed E-state index contributed by atoms with van der Waals surface area (Å²) in [5.74, 6) is 0.664. The Kier molecular flexibility index (Phi) is 5.18. The normalized spacial score (nSPS) is 11.0. The van der Waals surface area contributed by atoms with Crippen LogP contribution in [0, 0.1) is 6.92 Å². The third-order valence-corrected chi connectivity index (χ3v) is 5.16. The lowest BCUT2D eigenvalue weighted by Gasteiger charge is -2.13. The lowest BCUT2D eigenvalue weighted by atomic mass is 10.1. The molecule has 4 nitrogen and oxygen atoms in total. The van der Waals surface area contributed by atoms with Crippen LogP contribution in [0.15, 0.2) is 67.0 Å². The fourth-order valence-electron chi connectivity index (χ4n) is 3.21. The van der Waals surface area contributed by atoms with E-state index in [0.29, 0.717) is 15.9 Å². The van der Waals surface area contributed by atoms with Crippen LogP contribution in [0.25, 0.3) is 28.2 Å². The predicted octanol–water partition coefficient (Wildman–Crippen LogP) is 5.71. The van der Waals surface area contributed by atoms with Crippen LogP contribution in [0.5, 0.6) is 0 Å². The zero-order valence-corrected chi connectivity index (χ0v) is 16.6. The van der Waals surface area contributed by atoms with E-state index in [-0.39, 0.29) is 6.61 Å². The van der Waals surface area contributed by atoms with E-state index < -0.39 is 0 Å². The van der Waals surface area contributed by atoms with Gasteiger partial charge in [0.05, 0.1) is 23.0 Å². The molecule has 0 unspecified atom stereocenters. The second kappa shape index (κ2) is 7.76. The van der Waals surface area contributed by atoms with Crippen LogP contribution in [0.2, 0.25) is 10.0 Å². The first-order chi connectivity index (χ1) is 13.6. The zero-order valence-electron chi connectivity index (χ0n) is 15.1. The number of hydrogen-bond acceptors (Lipinski definition) is 3. The maximum atomic E-state index is 9.94. The topological polar surface area (TPSA) is 50.9 Å². The molecule has 4 rings (SSSR count). The van der Waals surface area contributed by atoms with Crippen LogP contribution >= 0.6 is 23.2 Å². The summed E-state index contributed by atoms with van der Waals surface area (Å²) < 4.78 is 1.93. The van der Waals surface area contributed by atoms with Crippen molar-refractivity contribution < 1.29 is 5.11 Å². The molecule has 0 aliphatic carbocycles. The highest BCUT2D eigenvalue weighted by molar-refractivity contribution is 6.36. The van der Waals surface area contributed by atoms with Crippen molar-refractivity contribution in [1.29, 1.82) is 0 Å². The fraction of sp³-hybridized carbons (Fsp3) is 0.0909. The van der Waals surface area contributed by atoms with Gasteiger partial charge in [0.2, 0.25) is 0 Å². The van der Waals surface area contributed by atoms with Gasteiger partial charge in [0.15, 0.2) is 0 Å². The first-order valence-corrected chi connectivity index (χ1v) is 9.49. The predicted molar refractivity (Wildman–Crippen MR) is 113 cm³/mol. The van der Waals surface area contributed by atoms with Crippen molar-refractivity contribution in [3.05, 3.63) is 88.4 Å². The van der Waals surface area contributed by atoms with E-state index in [0.717, 1.165) is 33.8 Å². The summed E-state index contributed by atoms with van der Waals surface area (Å²) in [6.45, 7) is 1.74. The molecule has 2 aromatic carbocycles. The van der Waals surface area contributed by atoms with Crippen LogP contribution in [0.3, 0.4) is 0 Å². The highest BCUT2D eigenvalue weighted by Gasteiger charge is 2.19. The van der Waals surface area contributed by atoms with Crippen LogP contribution in [0.4, 0.5) is 0 Å². The van der Waals surface area contributed by atoms with Crippen molar-refractivity contribution in [2.45, 2.75) is 13.5 Å². The number of aliphatic hydroxyl groups excluding tert-OH is 1. The zero-order chi connectivity index (χ0) is 19.7. The van der Waals surface area contributed by atoms with E-state index >= 15 is 0 Å². The molecule has 0 aliphatic rings. The molecule has 6 heteroatoms. The number of rotatable bonds is 4. The number of aryl methyl sites for hydroxylation is 1. The molecule has 28 heavy (non-hydrogen) atoms. The van der Waals surface area contributed by atoms with Crippen molar-refractivity contribution >= 4 is 23.2 Å². The van der Waals surface area contributed by atoms with E-state index in [1.165, 1.54) is 0 Å². The van der Waals surface area contributed by atoms with Gasteiger partial charge in [-0.15, -0.1) is 0 Å². The van der Waals surface area contributed by atoms with Gasteiger partial charge >= 0.3 is 0 Å². The monoisotopic (exact) mass is 409 g/mol. The highest BCUT2D eigenvalue weighted by atomic mass is 35.5. The van der Waals surface area contributed by atoms with E-state index in [2.05, 4.69) is 9.97 Å². The molecule has 0 saturated carbocycles. The second-order valence-electron chi connectivity index (χ2n) is 6.37. The summed E-state index contributed by atoms with van der Waals surface area (Å²) in [5, 5.41) is 11.0. The molecule has 2 aromatic heterocycles. The van der Waals surface area contributed by atoms with Crippen molar-refractivity contribution in [3.8, 4) is 28.2 Å². The highest BCUT2D eigenvalue weighted by Crippen LogP contribution is 2.33. The average molecular weight is 410 g/mol. The summed E-state index contributed by atoms with van der Waals surface area (Å²) in [6.07, 6.45) is 3.58. The van der Waals surface area contributed by atoms with Crippen LogP contribution < -0.4 is 0 Å². The number of aromatic nitrogens is 3. The molecule has 0 aliphatic heterocycles. The minimum Gasteiger partial charge on any atom is -0.390 e. The van der Waals surface area contributed by atoms with E-state index in [1.54, 1.807) is 18.3 Å². The minimum atomic E-state index is -0.131. The van der Waals surface area contributed by atoms with Crippen LogP contribution in [-0.4, -0.2) is 19.6 Å². The largest absolute Gasteiger partial charge is 0.390 e. The number of benzene rings is 2. The van der Waals surface area contributed by atoms with Gasteiger partial charge in [-0.2, -0.15) is 0 Å². The Balaban J connectivity index is 1.85. The van der Waals surface area contributed by atoms with Gasteiger partial charge < -0.3 is 5.11 Å². The Morgan fingerprint density at radius 1 is 1.00 bits per heavy atom. The summed E-state index contributed by atoms with van der Waals surface area (Å²) >= 11 is 12.5. The van der Waals surface area contributed by atoms with Crippen LogP contribution in [0.1, 0.15) is 11.4 Å². The van der Waals surface area contributed by atoms with Gasteiger partial charge in [-0.3, -0.25) is 9.55 Å². The number of nitrogens with zero attached hydrogens (tertiary/aromatic N) is 3. The number of hydrogen-bond donors (Lipinski definition) is 1. The number of pyridine rings is 1. The summed E-state index contributed by atoms with van der Waals surface area (Å²) in [4.78, 5) is 8.83. The quantitative estimate of drug-likeness (QED) is 0.469. The fourth-order valence-corrected chi connectivity index (χ4v) is 3.71. The molecule has 0 saturated heterocycles. The molecule has 140 valence electrons. The lowest BCUT2D eigenvalue weighted by Crippen LogP contribution is -2.03. The molecule has 0 atom stereocenters. The Morgan fingerprint density at radius 2 is 1.79 bits per heavy atom. The maximum absolute atomic E-state index is 9.94. The first-order valence-electron chi connectivity index (χ1n) is 8.74. The molecule has 0 fully saturated rings. The Morgan fingerprint density at radius 3 is 2.43 bits per heavy atom. The van der Waals surface area contributed by atoms with E-state index in [1.807, 2.05) is 60.2 Å². The second-order valence-corrected chi connectivity index (χ2v) is 7.22. The summed E-state index contributed by atoms with van der Waals surface area (Å²) in [6, 6.07) is 17.3. The Bertz CT molecular complexity index is 1120. The maximum Gasteiger partial charge on any atom is 0.146 e. The molecule has 0 spiro atoms. The molecule has 0 radical (unpaired) electrons. The Labute approximate surface area is 173 Å². The summed E-state index contributed by atoms with van der Waals surface area (Å²) in [5.41, 5.74) is 5.21. The van der Waals surface area contributed by atoms with Crippen molar-refractivity contribution in [3.63, 3.8) is 0 Å². The third-order valence-electron chi connectivity index (χ3n) is 4.62. The average Bonchev–Trinajstić information content (AvgIpc) is 3.04. The first kappa shape index (κ1) is 18.7. The molecule has 2 heterocycles. The Hall–Kier alpha value is -2.66. The van der Waals surface area contributed by atoms with Gasteiger partial charge in [-0.25, -0.2) is 4.98 Å². The molecule has 0 amide bonds. The van der Waals surface area contributed by atoms with Crippen molar-refractivity contribution in [1.82, 2.24) is 14.5 Å².